The maximum Gasteiger partial charge on any atom is 0.417 e. The molecule has 0 unspecified atom stereocenters. The van der Waals surface area contributed by atoms with Crippen LogP contribution in [0.4, 0.5) is 9.59 Å². The minimum absolute atomic E-state index is 0.330. The van der Waals surface area contributed by atoms with E-state index in [0.717, 1.165) is 19.3 Å². The smallest absolute Gasteiger partial charge is 0.417 e. The summed E-state index contributed by atoms with van der Waals surface area (Å²) in [7, 11) is 0. The van der Waals surface area contributed by atoms with E-state index in [4.69, 9.17) is 10.2 Å². The topological polar surface area (TPSA) is 77.8 Å². The summed E-state index contributed by atoms with van der Waals surface area (Å²) in [6, 6.07) is -0.330. The fraction of sp³-hybridized carbons (Fsp3) is 0.750. The summed E-state index contributed by atoms with van der Waals surface area (Å²) in [6.07, 6.45) is 1.52. The molecule has 0 bridgehead atoms. The van der Waals surface area contributed by atoms with Gasteiger partial charge in [-0.05, 0) is 12.8 Å². The predicted octanol–water partition coefficient (Wildman–Crippen LogP) is 1.98. The first kappa shape index (κ1) is 9.83. The molecule has 5 nitrogen and oxygen atoms in total. The molecule has 0 heterocycles. The van der Waals surface area contributed by atoms with Crippen LogP contribution in [0.1, 0.15) is 32.1 Å². The van der Waals surface area contributed by atoms with Gasteiger partial charge in [0.1, 0.15) is 0 Å². The molecule has 74 valence electrons. The Morgan fingerprint density at radius 2 is 1.46 bits per heavy atom. The molecular weight excluding hydrogens is 174 g/mol. The molecule has 0 spiro atoms. The second-order valence-electron chi connectivity index (χ2n) is 3.23. The van der Waals surface area contributed by atoms with Crippen molar-refractivity contribution in [2.45, 2.75) is 38.1 Å². The van der Waals surface area contributed by atoms with Crippen LogP contribution in [0, 0.1) is 0 Å². The first-order valence-corrected chi connectivity index (χ1v) is 4.38. The molecule has 1 fully saturated rings. The van der Waals surface area contributed by atoms with Gasteiger partial charge in [0.15, 0.2) is 0 Å². The summed E-state index contributed by atoms with van der Waals surface area (Å²) in [5.41, 5.74) is 0. The highest BCUT2D eigenvalue weighted by molar-refractivity contribution is 5.86. The zero-order valence-electron chi connectivity index (χ0n) is 7.27. The van der Waals surface area contributed by atoms with Gasteiger partial charge in [-0.25, -0.2) is 14.5 Å². The number of nitrogens with zero attached hydrogens (tertiary/aromatic N) is 1. The summed E-state index contributed by atoms with van der Waals surface area (Å²) in [5.74, 6) is 0. The third-order valence-electron chi connectivity index (χ3n) is 2.35. The molecule has 2 amide bonds. The van der Waals surface area contributed by atoms with Gasteiger partial charge < -0.3 is 10.2 Å². The molecule has 1 rings (SSSR count). The van der Waals surface area contributed by atoms with Crippen LogP contribution in [0.15, 0.2) is 0 Å². The lowest BCUT2D eigenvalue weighted by Crippen LogP contribution is -2.44. The highest BCUT2D eigenvalue weighted by atomic mass is 16.4. The minimum Gasteiger partial charge on any atom is -0.465 e. The van der Waals surface area contributed by atoms with Crippen molar-refractivity contribution in [1.82, 2.24) is 4.90 Å². The van der Waals surface area contributed by atoms with E-state index < -0.39 is 12.2 Å². The zero-order valence-corrected chi connectivity index (χ0v) is 7.27. The molecule has 13 heavy (non-hydrogen) atoms. The Bertz CT molecular complexity index is 196. The summed E-state index contributed by atoms with van der Waals surface area (Å²) in [4.78, 5) is 21.7. The second kappa shape index (κ2) is 4.11. The van der Waals surface area contributed by atoms with Crippen molar-refractivity contribution in [1.29, 1.82) is 0 Å². The SMILES string of the molecule is O=C(O)N(C(=O)O)C1CCCCC1. The van der Waals surface area contributed by atoms with E-state index in [9.17, 15) is 9.59 Å². The average Bonchev–Trinajstić information content (AvgIpc) is 2.04. The number of carbonyl (C=O) groups is 2. The minimum atomic E-state index is -1.36. The van der Waals surface area contributed by atoms with Crippen molar-refractivity contribution in [3.05, 3.63) is 0 Å². The van der Waals surface area contributed by atoms with Crippen molar-refractivity contribution in [3.8, 4) is 0 Å². The Kier molecular flexibility index (Phi) is 3.11. The lowest BCUT2D eigenvalue weighted by Gasteiger charge is -2.28. The third-order valence-corrected chi connectivity index (χ3v) is 2.35. The van der Waals surface area contributed by atoms with Crippen molar-refractivity contribution < 1.29 is 19.8 Å². The molecular formula is C8H13NO4. The molecule has 0 aliphatic heterocycles. The second-order valence-corrected chi connectivity index (χ2v) is 3.23. The van der Waals surface area contributed by atoms with Crippen LogP contribution in [0.3, 0.4) is 0 Å². The van der Waals surface area contributed by atoms with Gasteiger partial charge in [0.2, 0.25) is 0 Å². The number of imide groups is 1. The van der Waals surface area contributed by atoms with Crippen LogP contribution < -0.4 is 0 Å². The first-order chi connectivity index (χ1) is 6.13. The molecule has 0 aromatic carbocycles. The molecule has 1 saturated carbocycles. The Morgan fingerprint density at radius 1 is 1.00 bits per heavy atom. The lowest BCUT2D eigenvalue weighted by molar-refractivity contribution is 0.0965. The number of rotatable bonds is 1. The average molecular weight is 187 g/mol. The lowest BCUT2D eigenvalue weighted by atomic mass is 9.95. The third kappa shape index (κ3) is 2.34. The van der Waals surface area contributed by atoms with Crippen LogP contribution >= 0.6 is 0 Å². The van der Waals surface area contributed by atoms with Gasteiger partial charge >= 0.3 is 12.2 Å². The van der Waals surface area contributed by atoms with E-state index in [-0.39, 0.29) is 6.04 Å². The Hall–Kier alpha value is -1.26. The van der Waals surface area contributed by atoms with E-state index in [2.05, 4.69) is 0 Å². The summed E-state index contributed by atoms with van der Waals surface area (Å²) >= 11 is 0. The number of carboxylic acid groups (broad SMARTS) is 2. The summed E-state index contributed by atoms with van der Waals surface area (Å²) in [6.45, 7) is 0. The fourth-order valence-corrected chi connectivity index (χ4v) is 1.73. The van der Waals surface area contributed by atoms with Crippen molar-refractivity contribution in [2.75, 3.05) is 0 Å². The largest absolute Gasteiger partial charge is 0.465 e. The molecule has 0 saturated heterocycles. The van der Waals surface area contributed by atoms with E-state index >= 15 is 0 Å². The van der Waals surface area contributed by atoms with Crippen LogP contribution in [0.25, 0.3) is 0 Å². The van der Waals surface area contributed by atoms with E-state index in [1.54, 1.807) is 0 Å². The highest BCUT2D eigenvalue weighted by Crippen LogP contribution is 2.22. The molecule has 0 radical (unpaired) electrons. The monoisotopic (exact) mass is 187 g/mol. The van der Waals surface area contributed by atoms with Gasteiger partial charge in [0.25, 0.3) is 0 Å². The van der Waals surface area contributed by atoms with E-state index in [0.29, 0.717) is 17.7 Å². The highest BCUT2D eigenvalue weighted by Gasteiger charge is 2.30. The van der Waals surface area contributed by atoms with Crippen molar-refractivity contribution >= 4 is 12.2 Å². The first-order valence-electron chi connectivity index (χ1n) is 4.38. The number of amides is 2. The van der Waals surface area contributed by atoms with Crippen LogP contribution in [0.2, 0.25) is 0 Å². The number of hydrogen-bond donors (Lipinski definition) is 2. The zero-order chi connectivity index (χ0) is 9.84. The van der Waals surface area contributed by atoms with Crippen LogP contribution in [0.5, 0.6) is 0 Å². The van der Waals surface area contributed by atoms with Crippen molar-refractivity contribution in [3.63, 3.8) is 0 Å². The molecule has 1 aliphatic rings. The van der Waals surface area contributed by atoms with Crippen LogP contribution in [-0.2, 0) is 0 Å². The predicted molar refractivity (Wildman–Crippen MR) is 44.8 cm³/mol. The van der Waals surface area contributed by atoms with Crippen molar-refractivity contribution in [2.24, 2.45) is 0 Å². The molecule has 0 aromatic heterocycles. The van der Waals surface area contributed by atoms with Gasteiger partial charge in [-0.2, -0.15) is 0 Å². The quantitative estimate of drug-likeness (QED) is 0.657. The fourth-order valence-electron chi connectivity index (χ4n) is 1.73. The Morgan fingerprint density at radius 3 is 1.85 bits per heavy atom. The van der Waals surface area contributed by atoms with E-state index in [1.807, 2.05) is 0 Å². The summed E-state index contributed by atoms with van der Waals surface area (Å²) < 4.78 is 0. The Labute approximate surface area is 76.0 Å². The maximum absolute atomic E-state index is 10.6. The number of hydrogen-bond acceptors (Lipinski definition) is 2. The standard InChI is InChI=1S/C8H13NO4/c10-7(11)9(8(12)13)6-4-2-1-3-5-6/h6H,1-5H2,(H,10,11)(H,12,13). The normalized spacial score (nSPS) is 18.2. The van der Waals surface area contributed by atoms with Crippen LogP contribution in [-0.4, -0.2) is 33.3 Å². The van der Waals surface area contributed by atoms with E-state index in [1.165, 1.54) is 0 Å². The maximum atomic E-state index is 10.6. The molecule has 0 aromatic rings. The van der Waals surface area contributed by atoms with Gasteiger partial charge in [-0.3, -0.25) is 0 Å². The Balaban J connectivity index is 2.62. The molecule has 2 N–H and O–H groups in total. The van der Waals surface area contributed by atoms with Gasteiger partial charge in [-0.15, -0.1) is 0 Å². The van der Waals surface area contributed by atoms with Gasteiger partial charge in [0.05, 0.1) is 0 Å². The molecule has 0 atom stereocenters. The van der Waals surface area contributed by atoms with Gasteiger partial charge in [-0.1, -0.05) is 19.3 Å². The molecule has 1 aliphatic carbocycles. The summed E-state index contributed by atoms with van der Waals surface area (Å²) in [5, 5.41) is 17.3. The van der Waals surface area contributed by atoms with Gasteiger partial charge in [0, 0.05) is 6.04 Å². The molecule has 5 heteroatoms.